The molecule has 0 aliphatic rings. The Kier molecular flexibility index (Phi) is 4.89. The molecule has 6 nitrogen and oxygen atoms in total. The van der Waals surface area contributed by atoms with Gasteiger partial charge in [-0.3, -0.25) is 0 Å². The molecule has 20 heavy (non-hydrogen) atoms. The number of nitrogens with two attached hydrogens (primary N) is 1. The zero-order valence-corrected chi connectivity index (χ0v) is 11.7. The number of carbonyl (C=O) groups is 1. The molecule has 0 saturated heterocycles. The van der Waals surface area contributed by atoms with Crippen molar-refractivity contribution < 1.29 is 18.8 Å². The summed E-state index contributed by atoms with van der Waals surface area (Å²) in [4.78, 5) is 10.5. The molecule has 1 aromatic carbocycles. The van der Waals surface area contributed by atoms with E-state index >= 15 is 0 Å². The number of rotatable bonds is 6. The highest BCUT2D eigenvalue weighted by Crippen LogP contribution is 2.22. The van der Waals surface area contributed by atoms with Gasteiger partial charge in [0.15, 0.2) is 12.4 Å². The molecular formula is C13H14N2O4S. The summed E-state index contributed by atoms with van der Waals surface area (Å²) in [5.41, 5.74) is 6.42. The molecule has 0 unspecified atom stereocenters. The molecule has 0 saturated carbocycles. The van der Waals surface area contributed by atoms with Gasteiger partial charge in [0.2, 0.25) is 0 Å². The predicted octanol–water partition coefficient (Wildman–Crippen LogP) is 2.64. The predicted molar refractivity (Wildman–Crippen MR) is 75.3 cm³/mol. The van der Waals surface area contributed by atoms with Crippen LogP contribution in [0.15, 0.2) is 34.9 Å². The van der Waals surface area contributed by atoms with E-state index in [0.717, 1.165) is 11.3 Å². The number of hydrogen-bond acceptors (Lipinski definition) is 6. The van der Waals surface area contributed by atoms with Crippen LogP contribution in [0.25, 0.3) is 11.3 Å². The summed E-state index contributed by atoms with van der Waals surface area (Å²) in [5, 5.41) is 3.90. The number of carbonyl (C=O) groups excluding carboxylic acids is 1. The molecule has 2 aromatic rings. The second kappa shape index (κ2) is 6.85. The Labute approximate surface area is 120 Å². The molecule has 0 atom stereocenters. The van der Waals surface area contributed by atoms with Crippen molar-refractivity contribution in [3.8, 4) is 17.0 Å². The van der Waals surface area contributed by atoms with E-state index in [1.54, 1.807) is 17.8 Å². The molecule has 7 heteroatoms. The number of aromatic nitrogens is 1. The van der Waals surface area contributed by atoms with Gasteiger partial charge >= 0.3 is 6.09 Å². The van der Waals surface area contributed by atoms with E-state index in [1.165, 1.54) is 0 Å². The highest BCUT2D eigenvalue weighted by Gasteiger charge is 2.08. The molecular weight excluding hydrogens is 280 g/mol. The summed E-state index contributed by atoms with van der Waals surface area (Å²) in [6, 6.07) is 9.18. The largest absolute Gasteiger partial charge is 0.483 e. The van der Waals surface area contributed by atoms with E-state index in [9.17, 15) is 4.79 Å². The van der Waals surface area contributed by atoms with Crippen molar-refractivity contribution in [3.05, 3.63) is 36.1 Å². The molecule has 0 radical (unpaired) electrons. The summed E-state index contributed by atoms with van der Waals surface area (Å²) in [6.45, 7) is -0.0305. The van der Waals surface area contributed by atoms with Crippen molar-refractivity contribution in [3.63, 3.8) is 0 Å². The number of primary amides is 1. The van der Waals surface area contributed by atoms with Crippen LogP contribution in [0.2, 0.25) is 0 Å². The third kappa shape index (κ3) is 3.92. The maximum atomic E-state index is 10.5. The minimum atomic E-state index is -0.849. The van der Waals surface area contributed by atoms with Gasteiger partial charge in [-0.05, 0) is 30.5 Å². The number of ether oxygens (including phenoxy) is 2. The molecule has 0 fully saturated rings. The molecule has 2 N–H and O–H groups in total. The molecule has 1 heterocycles. The van der Waals surface area contributed by atoms with Crippen LogP contribution in [-0.2, 0) is 11.3 Å². The average Bonchev–Trinajstić information content (AvgIpc) is 2.92. The number of amides is 1. The monoisotopic (exact) mass is 294 g/mol. The molecule has 2 rings (SSSR count). The highest BCUT2D eigenvalue weighted by atomic mass is 32.2. The highest BCUT2D eigenvalue weighted by molar-refractivity contribution is 7.98. The fourth-order valence-electron chi connectivity index (χ4n) is 1.51. The first-order chi connectivity index (χ1) is 9.69. The first-order valence-corrected chi connectivity index (χ1v) is 7.18. The Morgan fingerprint density at radius 3 is 2.80 bits per heavy atom. The van der Waals surface area contributed by atoms with Crippen LogP contribution in [0.1, 0.15) is 5.76 Å². The SMILES string of the molecule is CSCOc1ccc(-c2cc(COC(N)=O)on2)cc1. The van der Waals surface area contributed by atoms with Crippen molar-refractivity contribution in [2.45, 2.75) is 6.61 Å². The van der Waals surface area contributed by atoms with E-state index < -0.39 is 6.09 Å². The second-order valence-corrected chi connectivity index (χ2v) is 4.67. The minimum Gasteiger partial charge on any atom is -0.483 e. The van der Waals surface area contributed by atoms with Gasteiger partial charge in [0.05, 0.1) is 0 Å². The van der Waals surface area contributed by atoms with Crippen LogP contribution >= 0.6 is 11.8 Å². The van der Waals surface area contributed by atoms with E-state index in [2.05, 4.69) is 9.89 Å². The Morgan fingerprint density at radius 1 is 1.40 bits per heavy atom. The smallest absolute Gasteiger partial charge is 0.404 e. The van der Waals surface area contributed by atoms with Gasteiger partial charge in [-0.1, -0.05) is 5.16 Å². The van der Waals surface area contributed by atoms with E-state index in [-0.39, 0.29) is 6.61 Å². The lowest BCUT2D eigenvalue weighted by atomic mass is 10.1. The molecule has 0 aliphatic heterocycles. The number of benzene rings is 1. The minimum absolute atomic E-state index is 0.0305. The Morgan fingerprint density at radius 2 is 2.15 bits per heavy atom. The van der Waals surface area contributed by atoms with Gasteiger partial charge in [-0.2, -0.15) is 0 Å². The van der Waals surface area contributed by atoms with Crippen molar-refractivity contribution in [2.75, 3.05) is 12.2 Å². The number of nitrogens with zero attached hydrogens (tertiary/aromatic N) is 1. The molecule has 0 spiro atoms. The van der Waals surface area contributed by atoms with Gasteiger partial charge in [-0.25, -0.2) is 4.79 Å². The summed E-state index contributed by atoms with van der Waals surface area (Å²) in [7, 11) is 0. The first-order valence-electron chi connectivity index (χ1n) is 5.79. The molecule has 1 amide bonds. The fourth-order valence-corrected chi connectivity index (χ4v) is 1.76. The van der Waals surface area contributed by atoms with E-state index in [4.69, 9.17) is 15.0 Å². The summed E-state index contributed by atoms with van der Waals surface area (Å²) < 4.78 is 15.1. The Bertz CT molecular complexity index is 568. The van der Waals surface area contributed by atoms with Crippen molar-refractivity contribution in [1.29, 1.82) is 0 Å². The second-order valence-electron chi connectivity index (χ2n) is 3.86. The van der Waals surface area contributed by atoms with Crippen LogP contribution in [0.3, 0.4) is 0 Å². The lowest BCUT2D eigenvalue weighted by Gasteiger charge is -2.03. The standard InChI is InChI=1S/C13H14N2O4S/c1-20-8-18-10-4-2-9(3-5-10)12-6-11(19-15-12)7-17-13(14)16/h2-6H,7-8H2,1H3,(H2,14,16). The number of thioether (sulfide) groups is 1. The zero-order chi connectivity index (χ0) is 14.4. The number of hydrogen-bond donors (Lipinski definition) is 1. The van der Waals surface area contributed by atoms with Crippen LogP contribution < -0.4 is 10.5 Å². The quantitative estimate of drug-likeness (QED) is 0.824. The normalized spacial score (nSPS) is 10.2. The van der Waals surface area contributed by atoms with Crippen LogP contribution in [0, 0.1) is 0 Å². The molecule has 0 aliphatic carbocycles. The summed E-state index contributed by atoms with van der Waals surface area (Å²) in [5.74, 6) is 1.84. The van der Waals surface area contributed by atoms with Gasteiger partial charge in [0.25, 0.3) is 0 Å². The van der Waals surface area contributed by atoms with Crippen molar-refractivity contribution >= 4 is 17.9 Å². The summed E-state index contributed by atoms with van der Waals surface area (Å²) >= 11 is 1.61. The van der Waals surface area contributed by atoms with Crippen molar-refractivity contribution in [1.82, 2.24) is 5.16 Å². The van der Waals surface area contributed by atoms with Gasteiger partial charge in [-0.15, -0.1) is 11.8 Å². The van der Waals surface area contributed by atoms with E-state index in [1.807, 2.05) is 30.5 Å². The first kappa shape index (κ1) is 14.3. The Balaban J connectivity index is 2.02. The average molecular weight is 294 g/mol. The van der Waals surface area contributed by atoms with Crippen LogP contribution in [-0.4, -0.2) is 23.4 Å². The van der Waals surface area contributed by atoms with Crippen LogP contribution in [0.5, 0.6) is 5.75 Å². The third-order valence-electron chi connectivity index (χ3n) is 2.41. The third-order valence-corrected chi connectivity index (χ3v) is 2.76. The van der Waals surface area contributed by atoms with Crippen LogP contribution in [0.4, 0.5) is 4.79 Å². The fraction of sp³-hybridized carbons (Fsp3) is 0.231. The maximum absolute atomic E-state index is 10.5. The van der Waals surface area contributed by atoms with Gasteiger partial charge in [0, 0.05) is 11.6 Å². The van der Waals surface area contributed by atoms with Crippen molar-refractivity contribution in [2.24, 2.45) is 5.73 Å². The van der Waals surface area contributed by atoms with E-state index in [0.29, 0.717) is 17.4 Å². The Hall–Kier alpha value is -2.15. The molecule has 0 bridgehead atoms. The lowest BCUT2D eigenvalue weighted by molar-refractivity contribution is 0.137. The molecule has 1 aromatic heterocycles. The summed E-state index contributed by atoms with van der Waals surface area (Å²) in [6.07, 6.45) is 1.12. The van der Waals surface area contributed by atoms with Gasteiger partial charge < -0.3 is 19.7 Å². The topological polar surface area (TPSA) is 87.6 Å². The van der Waals surface area contributed by atoms with Gasteiger partial charge in [0.1, 0.15) is 17.4 Å². The maximum Gasteiger partial charge on any atom is 0.404 e. The lowest BCUT2D eigenvalue weighted by Crippen LogP contribution is -2.12. The zero-order valence-electron chi connectivity index (χ0n) is 10.9. The molecule has 106 valence electrons.